The van der Waals surface area contributed by atoms with Gasteiger partial charge in [0.15, 0.2) is 0 Å². The number of piperidine rings is 1. The van der Waals surface area contributed by atoms with Crippen molar-refractivity contribution in [1.29, 1.82) is 5.26 Å². The lowest BCUT2D eigenvalue weighted by atomic mass is 9.61. The second-order valence-corrected chi connectivity index (χ2v) is 6.17. The normalized spacial score (nSPS) is 25.1. The van der Waals surface area contributed by atoms with Crippen LogP contribution in [0.1, 0.15) is 36.8 Å². The van der Waals surface area contributed by atoms with Crippen LogP contribution in [0.15, 0.2) is 24.3 Å². The van der Waals surface area contributed by atoms with Gasteiger partial charge < -0.3 is 4.74 Å². The minimum atomic E-state index is 0.458. The van der Waals surface area contributed by atoms with Gasteiger partial charge in [0.05, 0.1) is 17.7 Å². The predicted molar refractivity (Wildman–Crippen MR) is 78.1 cm³/mol. The van der Waals surface area contributed by atoms with Crippen molar-refractivity contribution in [3.05, 3.63) is 35.4 Å². The Balaban J connectivity index is 1.61. The monoisotopic (exact) mass is 270 g/mol. The van der Waals surface area contributed by atoms with Crippen LogP contribution in [0, 0.1) is 16.7 Å². The summed E-state index contributed by atoms with van der Waals surface area (Å²) in [5.74, 6) is 0. The van der Waals surface area contributed by atoms with Gasteiger partial charge in [0, 0.05) is 13.7 Å². The fraction of sp³-hybridized carbons (Fsp3) is 0.588. The molecule has 0 aromatic heterocycles. The van der Waals surface area contributed by atoms with Crippen molar-refractivity contribution < 1.29 is 4.74 Å². The molecule has 1 heterocycles. The molecule has 1 spiro atoms. The predicted octanol–water partition coefficient (Wildman–Crippen LogP) is 2.95. The summed E-state index contributed by atoms with van der Waals surface area (Å²) in [6.45, 7) is 3.15. The summed E-state index contributed by atoms with van der Waals surface area (Å²) in [6, 6.07) is 10.2. The Labute approximate surface area is 121 Å². The van der Waals surface area contributed by atoms with Gasteiger partial charge in [-0.2, -0.15) is 5.26 Å². The largest absolute Gasteiger partial charge is 0.381 e. The van der Waals surface area contributed by atoms with E-state index in [4.69, 9.17) is 10.00 Å². The van der Waals surface area contributed by atoms with E-state index >= 15 is 0 Å². The minimum Gasteiger partial charge on any atom is -0.381 e. The second-order valence-electron chi connectivity index (χ2n) is 6.17. The van der Waals surface area contributed by atoms with Gasteiger partial charge in [-0.1, -0.05) is 18.2 Å². The molecule has 1 aliphatic carbocycles. The molecule has 1 saturated heterocycles. The van der Waals surface area contributed by atoms with Crippen LogP contribution in [-0.4, -0.2) is 31.2 Å². The molecule has 0 bridgehead atoms. The summed E-state index contributed by atoms with van der Waals surface area (Å²) in [7, 11) is 1.85. The highest BCUT2D eigenvalue weighted by molar-refractivity contribution is 5.37. The molecule has 1 aromatic rings. The van der Waals surface area contributed by atoms with Crippen LogP contribution in [0.25, 0.3) is 0 Å². The van der Waals surface area contributed by atoms with Crippen molar-refractivity contribution in [3.63, 3.8) is 0 Å². The quantitative estimate of drug-likeness (QED) is 0.847. The average Bonchev–Trinajstić information content (AvgIpc) is 2.48. The fourth-order valence-electron chi connectivity index (χ4n) is 3.77. The molecule has 1 atom stereocenters. The van der Waals surface area contributed by atoms with Crippen molar-refractivity contribution >= 4 is 0 Å². The van der Waals surface area contributed by atoms with E-state index < -0.39 is 0 Å². The maximum atomic E-state index is 9.16. The van der Waals surface area contributed by atoms with Crippen molar-refractivity contribution in [2.24, 2.45) is 5.41 Å². The summed E-state index contributed by atoms with van der Waals surface area (Å²) in [6.07, 6.45) is 5.51. The number of likely N-dealkylation sites (tertiary alicyclic amines) is 1. The zero-order valence-electron chi connectivity index (χ0n) is 12.1. The molecule has 3 nitrogen and oxygen atoms in total. The highest BCUT2D eigenvalue weighted by atomic mass is 16.5. The number of hydrogen-bond acceptors (Lipinski definition) is 3. The number of methoxy groups -OCH3 is 1. The molecule has 3 rings (SSSR count). The zero-order chi connectivity index (χ0) is 14.0. The number of rotatable bonds is 3. The standard InChI is InChI=1S/C17H22N2O/c1-20-16-6-7-17(16)8-10-19(11-9-17)13-15-5-3-2-4-14(15)12-18/h2-5,16H,6-11,13H2,1H3. The maximum Gasteiger partial charge on any atom is 0.0995 e. The Morgan fingerprint density at radius 2 is 2.05 bits per heavy atom. The van der Waals surface area contributed by atoms with E-state index in [2.05, 4.69) is 17.0 Å². The molecule has 2 fully saturated rings. The number of benzene rings is 1. The van der Waals surface area contributed by atoms with Gasteiger partial charge in [-0.15, -0.1) is 0 Å². The van der Waals surface area contributed by atoms with E-state index in [0.29, 0.717) is 11.5 Å². The molecular weight excluding hydrogens is 248 g/mol. The Hall–Kier alpha value is -1.37. The number of ether oxygens (including phenoxy) is 1. The smallest absolute Gasteiger partial charge is 0.0995 e. The van der Waals surface area contributed by atoms with Gasteiger partial charge in [0.2, 0.25) is 0 Å². The number of nitrogens with zero attached hydrogens (tertiary/aromatic N) is 2. The van der Waals surface area contributed by atoms with Crippen molar-refractivity contribution in [2.45, 2.75) is 38.3 Å². The molecule has 2 aliphatic rings. The first-order valence-electron chi connectivity index (χ1n) is 7.50. The summed E-state index contributed by atoms with van der Waals surface area (Å²) in [4.78, 5) is 2.48. The van der Waals surface area contributed by atoms with Crippen LogP contribution < -0.4 is 0 Å². The highest BCUT2D eigenvalue weighted by Crippen LogP contribution is 2.50. The summed E-state index contributed by atoms with van der Waals surface area (Å²) >= 11 is 0. The van der Waals surface area contributed by atoms with Gasteiger partial charge in [0.1, 0.15) is 0 Å². The lowest BCUT2D eigenvalue weighted by Gasteiger charge is -2.53. The molecule has 1 aromatic carbocycles. The number of nitriles is 1. The van der Waals surface area contributed by atoms with E-state index in [9.17, 15) is 0 Å². The lowest BCUT2D eigenvalue weighted by molar-refractivity contribution is -0.120. The van der Waals surface area contributed by atoms with Gasteiger partial charge in [-0.3, -0.25) is 4.90 Å². The Morgan fingerprint density at radius 1 is 1.30 bits per heavy atom. The SMILES string of the molecule is COC1CCC12CCN(Cc1ccccc1C#N)CC2. The first kappa shape index (κ1) is 13.6. The first-order valence-corrected chi connectivity index (χ1v) is 7.50. The molecule has 0 amide bonds. The third kappa shape index (κ3) is 2.34. The Kier molecular flexibility index (Phi) is 3.78. The maximum absolute atomic E-state index is 9.16. The van der Waals surface area contributed by atoms with Crippen molar-refractivity contribution in [2.75, 3.05) is 20.2 Å². The molecule has 3 heteroatoms. The van der Waals surface area contributed by atoms with Crippen LogP contribution in [0.2, 0.25) is 0 Å². The molecular formula is C17H22N2O. The van der Waals surface area contributed by atoms with Crippen LogP contribution in [0.3, 0.4) is 0 Å². The van der Waals surface area contributed by atoms with E-state index in [1.807, 2.05) is 25.3 Å². The van der Waals surface area contributed by atoms with Gasteiger partial charge in [-0.25, -0.2) is 0 Å². The Bertz CT molecular complexity index is 510. The van der Waals surface area contributed by atoms with Crippen LogP contribution in [0.4, 0.5) is 0 Å². The molecule has 106 valence electrons. The topological polar surface area (TPSA) is 36.3 Å². The summed E-state index contributed by atoms with van der Waals surface area (Å²) in [5.41, 5.74) is 2.43. The minimum absolute atomic E-state index is 0.458. The number of hydrogen-bond donors (Lipinski definition) is 0. The van der Waals surface area contributed by atoms with E-state index in [1.54, 1.807) is 0 Å². The van der Waals surface area contributed by atoms with Crippen LogP contribution >= 0.6 is 0 Å². The summed E-state index contributed by atoms with van der Waals surface area (Å²) in [5, 5.41) is 9.16. The van der Waals surface area contributed by atoms with E-state index in [0.717, 1.165) is 30.8 Å². The molecule has 0 radical (unpaired) electrons. The molecule has 1 saturated carbocycles. The molecule has 20 heavy (non-hydrogen) atoms. The highest BCUT2D eigenvalue weighted by Gasteiger charge is 2.48. The fourth-order valence-corrected chi connectivity index (χ4v) is 3.77. The molecule has 1 aliphatic heterocycles. The van der Waals surface area contributed by atoms with Crippen LogP contribution in [0.5, 0.6) is 0 Å². The van der Waals surface area contributed by atoms with Gasteiger partial charge >= 0.3 is 0 Å². The molecule has 0 N–H and O–H groups in total. The zero-order valence-corrected chi connectivity index (χ0v) is 12.1. The Morgan fingerprint density at radius 3 is 2.65 bits per heavy atom. The van der Waals surface area contributed by atoms with Gasteiger partial charge in [0.25, 0.3) is 0 Å². The first-order chi connectivity index (χ1) is 9.77. The lowest BCUT2D eigenvalue weighted by Crippen LogP contribution is -2.52. The van der Waals surface area contributed by atoms with Gasteiger partial charge in [-0.05, 0) is 55.8 Å². The van der Waals surface area contributed by atoms with Crippen LogP contribution in [-0.2, 0) is 11.3 Å². The summed E-state index contributed by atoms with van der Waals surface area (Å²) < 4.78 is 5.61. The third-order valence-corrected chi connectivity index (χ3v) is 5.26. The average molecular weight is 270 g/mol. The molecule has 1 unspecified atom stereocenters. The van der Waals surface area contributed by atoms with Crippen molar-refractivity contribution in [1.82, 2.24) is 4.90 Å². The van der Waals surface area contributed by atoms with E-state index in [1.165, 1.54) is 25.7 Å². The van der Waals surface area contributed by atoms with Crippen molar-refractivity contribution in [3.8, 4) is 6.07 Å². The van der Waals surface area contributed by atoms with E-state index in [-0.39, 0.29) is 0 Å². The second kappa shape index (κ2) is 5.55. The third-order valence-electron chi connectivity index (χ3n) is 5.26.